The third-order valence-corrected chi connectivity index (χ3v) is 3.31. The van der Waals surface area contributed by atoms with Crippen LogP contribution in [-0.2, 0) is 0 Å². The molecule has 0 saturated carbocycles. The molecule has 1 aliphatic heterocycles. The molecule has 2 rings (SSSR count). The van der Waals surface area contributed by atoms with Gasteiger partial charge in [-0.05, 0) is 19.9 Å². The predicted octanol–water partition coefficient (Wildman–Crippen LogP) is 1.34. The van der Waals surface area contributed by atoms with Gasteiger partial charge in [0, 0.05) is 31.2 Å². The zero-order valence-corrected chi connectivity index (χ0v) is 11.0. The number of carbonyl (C=O) groups is 1. The van der Waals surface area contributed by atoms with E-state index >= 15 is 0 Å². The Hall–Kier alpha value is -1.95. The van der Waals surface area contributed by atoms with E-state index in [1.54, 1.807) is 24.0 Å². The summed E-state index contributed by atoms with van der Waals surface area (Å²) in [6.07, 6.45) is 0. The molecule has 6 heteroatoms. The molecule has 1 aliphatic rings. The van der Waals surface area contributed by atoms with E-state index < -0.39 is 4.92 Å². The number of nitrogens with zero attached hydrogens (tertiary/aromatic N) is 2. The van der Waals surface area contributed by atoms with Crippen molar-refractivity contribution in [2.45, 2.75) is 19.9 Å². The summed E-state index contributed by atoms with van der Waals surface area (Å²) in [5.74, 6) is -0.260. The number of hydrogen-bond acceptors (Lipinski definition) is 4. The quantitative estimate of drug-likeness (QED) is 0.645. The van der Waals surface area contributed by atoms with Crippen LogP contribution in [0.5, 0.6) is 0 Å². The van der Waals surface area contributed by atoms with Crippen molar-refractivity contribution in [3.8, 4) is 0 Å². The number of aryl methyl sites for hydroxylation is 1. The summed E-state index contributed by atoms with van der Waals surface area (Å²) >= 11 is 0. The second-order valence-corrected chi connectivity index (χ2v) is 4.83. The highest BCUT2D eigenvalue weighted by Crippen LogP contribution is 2.24. The van der Waals surface area contributed by atoms with E-state index in [9.17, 15) is 14.9 Å². The van der Waals surface area contributed by atoms with E-state index in [1.807, 2.05) is 6.92 Å². The van der Waals surface area contributed by atoms with Crippen molar-refractivity contribution < 1.29 is 9.72 Å². The number of amides is 1. The summed E-state index contributed by atoms with van der Waals surface area (Å²) in [6, 6.07) is 5.07. The van der Waals surface area contributed by atoms with Gasteiger partial charge in [0.25, 0.3) is 11.6 Å². The number of para-hydroxylation sites is 1. The summed E-state index contributed by atoms with van der Waals surface area (Å²) in [7, 11) is 0. The van der Waals surface area contributed by atoms with Gasteiger partial charge in [-0.25, -0.2) is 0 Å². The van der Waals surface area contributed by atoms with Crippen molar-refractivity contribution in [2.24, 2.45) is 0 Å². The predicted molar refractivity (Wildman–Crippen MR) is 71.2 cm³/mol. The van der Waals surface area contributed by atoms with Gasteiger partial charge in [0.1, 0.15) is 5.56 Å². The first-order valence-corrected chi connectivity index (χ1v) is 6.27. The third-order valence-electron chi connectivity index (χ3n) is 3.31. The summed E-state index contributed by atoms with van der Waals surface area (Å²) < 4.78 is 0. The van der Waals surface area contributed by atoms with Crippen molar-refractivity contribution in [1.29, 1.82) is 0 Å². The van der Waals surface area contributed by atoms with Crippen LogP contribution in [0.2, 0.25) is 0 Å². The van der Waals surface area contributed by atoms with Gasteiger partial charge in [0.05, 0.1) is 4.92 Å². The van der Waals surface area contributed by atoms with Crippen molar-refractivity contribution in [3.05, 3.63) is 39.4 Å². The second kappa shape index (κ2) is 5.36. The van der Waals surface area contributed by atoms with Gasteiger partial charge in [-0.3, -0.25) is 14.9 Å². The van der Waals surface area contributed by atoms with Crippen LogP contribution in [0.25, 0.3) is 0 Å². The highest BCUT2D eigenvalue weighted by molar-refractivity contribution is 5.98. The molecule has 1 heterocycles. The largest absolute Gasteiger partial charge is 0.336 e. The van der Waals surface area contributed by atoms with Crippen LogP contribution in [0.15, 0.2) is 18.2 Å². The molecule has 1 aromatic carbocycles. The first-order chi connectivity index (χ1) is 9.00. The average molecular weight is 263 g/mol. The Kier molecular flexibility index (Phi) is 3.80. The SMILES string of the molecule is Cc1cccc(C(=O)N2CCNC(C)C2)c1[N+](=O)[O-]. The number of hydrogen-bond donors (Lipinski definition) is 1. The van der Waals surface area contributed by atoms with Crippen LogP contribution < -0.4 is 5.32 Å². The number of piperazine rings is 1. The lowest BCUT2D eigenvalue weighted by Crippen LogP contribution is -2.51. The average Bonchev–Trinajstić information content (AvgIpc) is 2.37. The van der Waals surface area contributed by atoms with E-state index in [0.29, 0.717) is 25.2 Å². The number of benzene rings is 1. The Balaban J connectivity index is 2.33. The molecule has 0 spiro atoms. The van der Waals surface area contributed by atoms with Crippen molar-refractivity contribution in [2.75, 3.05) is 19.6 Å². The molecule has 1 atom stereocenters. The maximum atomic E-state index is 12.4. The van der Waals surface area contributed by atoms with Crippen molar-refractivity contribution in [1.82, 2.24) is 10.2 Å². The van der Waals surface area contributed by atoms with Crippen molar-refractivity contribution in [3.63, 3.8) is 0 Å². The molecule has 0 radical (unpaired) electrons. The van der Waals surface area contributed by atoms with Gasteiger partial charge in [-0.2, -0.15) is 0 Å². The standard InChI is InChI=1S/C13H17N3O3/c1-9-4-3-5-11(12(9)16(18)19)13(17)15-7-6-14-10(2)8-15/h3-5,10,14H,6-8H2,1-2H3. The molecule has 1 aromatic rings. The number of carbonyl (C=O) groups excluding carboxylic acids is 1. The van der Waals surface area contributed by atoms with Gasteiger partial charge >= 0.3 is 0 Å². The first-order valence-electron chi connectivity index (χ1n) is 6.27. The lowest BCUT2D eigenvalue weighted by atomic mass is 10.1. The Morgan fingerprint density at radius 3 is 2.89 bits per heavy atom. The molecule has 102 valence electrons. The van der Waals surface area contributed by atoms with Crippen molar-refractivity contribution >= 4 is 11.6 Å². The first kappa shape index (κ1) is 13.5. The zero-order valence-electron chi connectivity index (χ0n) is 11.0. The molecule has 19 heavy (non-hydrogen) atoms. The minimum Gasteiger partial charge on any atom is -0.336 e. The van der Waals surface area contributed by atoms with Crippen LogP contribution >= 0.6 is 0 Å². The highest BCUT2D eigenvalue weighted by Gasteiger charge is 2.28. The Labute approximate surface area is 111 Å². The molecule has 0 bridgehead atoms. The molecule has 6 nitrogen and oxygen atoms in total. The van der Waals surface area contributed by atoms with Gasteiger partial charge in [-0.1, -0.05) is 12.1 Å². The summed E-state index contributed by atoms with van der Waals surface area (Å²) in [4.78, 5) is 24.7. The highest BCUT2D eigenvalue weighted by atomic mass is 16.6. The molecule has 1 saturated heterocycles. The van der Waals surface area contributed by atoms with Gasteiger partial charge in [0.15, 0.2) is 0 Å². The van der Waals surface area contributed by atoms with Crippen LogP contribution in [0.4, 0.5) is 5.69 Å². The minimum absolute atomic E-state index is 0.0846. The molecule has 0 aromatic heterocycles. The van der Waals surface area contributed by atoms with Gasteiger partial charge in [-0.15, -0.1) is 0 Å². The lowest BCUT2D eigenvalue weighted by molar-refractivity contribution is -0.385. The van der Waals surface area contributed by atoms with Crippen LogP contribution in [0.3, 0.4) is 0 Å². The Morgan fingerprint density at radius 2 is 2.26 bits per heavy atom. The Morgan fingerprint density at radius 1 is 1.53 bits per heavy atom. The van der Waals surface area contributed by atoms with E-state index in [2.05, 4.69) is 5.32 Å². The third kappa shape index (κ3) is 2.73. The van der Waals surface area contributed by atoms with Crippen LogP contribution in [-0.4, -0.2) is 41.4 Å². The molecular weight excluding hydrogens is 246 g/mol. The normalized spacial score (nSPS) is 19.3. The fraction of sp³-hybridized carbons (Fsp3) is 0.462. The summed E-state index contributed by atoms with van der Waals surface area (Å²) in [6.45, 7) is 5.50. The molecule has 1 N–H and O–H groups in total. The molecule has 1 amide bonds. The minimum atomic E-state index is -0.478. The number of nitrogens with one attached hydrogen (secondary N) is 1. The van der Waals surface area contributed by atoms with Gasteiger partial charge in [0.2, 0.25) is 0 Å². The fourth-order valence-corrected chi connectivity index (χ4v) is 2.36. The zero-order chi connectivity index (χ0) is 14.0. The monoisotopic (exact) mass is 263 g/mol. The second-order valence-electron chi connectivity index (χ2n) is 4.83. The van der Waals surface area contributed by atoms with E-state index in [4.69, 9.17) is 0 Å². The number of nitro groups is 1. The number of nitro benzene ring substituents is 1. The van der Waals surface area contributed by atoms with Crippen LogP contribution in [0.1, 0.15) is 22.8 Å². The van der Waals surface area contributed by atoms with E-state index in [1.165, 1.54) is 6.07 Å². The summed E-state index contributed by atoms with van der Waals surface area (Å²) in [5, 5.41) is 14.4. The molecule has 1 fully saturated rings. The van der Waals surface area contributed by atoms with E-state index in [-0.39, 0.29) is 23.2 Å². The van der Waals surface area contributed by atoms with Crippen LogP contribution in [0, 0.1) is 17.0 Å². The maximum absolute atomic E-state index is 12.4. The van der Waals surface area contributed by atoms with E-state index in [0.717, 1.165) is 0 Å². The summed E-state index contributed by atoms with van der Waals surface area (Å²) in [5.41, 5.74) is 0.608. The smallest absolute Gasteiger partial charge is 0.285 e. The lowest BCUT2D eigenvalue weighted by Gasteiger charge is -2.31. The fourth-order valence-electron chi connectivity index (χ4n) is 2.36. The Bertz CT molecular complexity index is 516. The molecular formula is C13H17N3O3. The molecule has 0 aliphatic carbocycles. The topological polar surface area (TPSA) is 75.5 Å². The number of rotatable bonds is 2. The molecule has 1 unspecified atom stereocenters. The van der Waals surface area contributed by atoms with Gasteiger partial charge < -0.3 is 10.2 Å². The maximum Gasteiger partial charge on any atom is 0.285 e.